The molecule has 0 amide bonds. The van der Waals surface area contributed by atoms with Crippen molar-refractivity contribution in [2.24, 2.45) is 0 Å². The summed E-state index contributed by atoms with van der Waals surface area (Å²) in [7, 11) is 0. The Balaban J connectivity index is 3.09. The SMILES string of the molecule is C/C(=C/c1cccc(Br)c1F)CCl. The molecule has 0 nitrogen and oxygen atoms in total. The van der Waals surface area contributed by atoms with E-state index in [0.717, 1.165) is 5.57 Å². The monoisotopic (exact) mass is 262 g/mol. The van der Waals surface area contributed by atoms with E-state index in [0.29, 0.717) is 15.9 Å². The highest BCUT2D eigenvalue weighted by Gasteiger charge is 2.02. The van der Waals surface area contributed by atoms with Crippen molar-refractivity contribution in [2.75, 3.05) is 5.88 Å². The van der Waals surface area contributed by atoms with Crippen LogP contribution in [-0.4, -0.2) is 5.88 Å². The van der Waals surface area contributed by atoms with Gasteiger partial charge in [0.2, 0.25) is 0 Å². The second-order valence-corrected chi connectivity index (χ2v) is 3.89. The molecule has 70 valence electrons. The van der Waals surface area contributed by atoms with Gasteiger partial charge in [-0.15, -0.1) is 11.6 Å². The van der Waals surface area contributed by atoms with Gasteiger partial charge in [-0.3, -0.25) is 0 Å². The topological polar surface area (TPSA) is 0 Å². The van der Waals surface area contributed by atoms with Crippen molar-refractivity contribution >= 4 is 33.6 Å². The lowest BCUT2D eigenvalue weighted by molar-refractivity contribution is 0.618. The normalized spacial score (nSPS) is 11.8. The number of hydrogen-bond acceptors (Lipinski definition) is 0. The van der Waals surface area contributed by atoms with Gasteiger partial charge in [-0.1, -0.05) is 23.8 Å². The summed E-state index contributed by atoms with van der Waals surface area (Å²) in [5.41, 5.74) is 1.51. The Morgan fingerprint density at radius 1 is 1.62 bits per heavy atom. The molecule has 0 saturated carbocycles. The molecule has 0 aliphatic heterocycles. The lowest BCUT2D eigenvalue weighted by Gasteiger charge is -2.00. The summed E-state index contributed by atoms with van der Waals surface area (Å²) >= 11 is 8.71. The Morgan fingerprint density at radius 3 is 2.92 bits per heavy atom. The van der Waals surface area contributed by atoms with Crippen LogP contribution in [0, 0.1) is 5.82 Å². The van der Waals surface area contributed by atoms with E-state index in [1.54, 1.807) is 24.3 Å². The molecule has 0 unspecified atom stereocenters. The fourth-order valence-electron chi connectivity index (χ4n) is 0.936. The van der Waals surface area contributed by atoms with E-state index in [4.69, 9.17) is 11.6 Å². The molecule has 0 spiro atoms. The summed E-state index contributed by atoms with van der Waals surface area (Å²) < 4.78 is 13.8. The molecule has 1 rings (SSSR count). The Bertz CT molecular complexity index is 334. The highest BCUT2D eigenvalue weighted by Crippen LogP contribution is 2.20. The van der Waals surface area contributed by atoms with E-state index >= 15 is 0 Å². The molecule has 1 aromatic rings. The first kappa shape index (κ1) is 10.7. The number of halogens is 3. The van der Waals surface area contributed by atoms with Crippen molar-refractivity contribution in [1.82, 2.24) is 0 Å². The van der Waals surface area contributed by atoms with Crippen molar-refractivity contribution < 1.29 is 4.39 Å². The quantitative estimate of drug-likeness (QED) is 0.701. The first-order chi connectivity index (χ1) is 6.15. The second kappa shape index (κ2) is 4.77. The fourth-order valence-corrected chi connectivity index (χ4v) is 1.39. The van der Waals surface area contributed by atoms with Crippen LogP contribution in [0.15, 0.2) is 28.2 Å². The molecular formula is C10H9BrClF. The molecule has 13 heavy (non-hydrogen) atoms. The van der Waals surface area contributed by atoms with Crippen LogP contribution in [0.2, 0.25) is 0 Å². The molecule has 0 aliphatic carbocycles. The number of hydrogen-bond donors (Lipinski definition) is 0. The molecule has 0 bridgehead atoms. The lowest BCUT2D eigenvalue weighted by atomic mass is 10.1. The van der Waals surface area contributed by atoms with Crippen LogP contribution in [-0.2, 0) is 0 Å². The summed E-state index contributed by atoms with van der Waals surface area (Å²) in [5, 5.41) is 0. The molecule has 0 aromatic heterocycles. The number of rotatable bonds is 2. The molecule has 0 saturated heterocycles. The van der Waals surface area contributed by atoms with Crippen molar-refractivity contribution in [2.45, 2.75) is 6.92 Å². The first-order valence-electron chi connectivity index (χ1n) is 3.82. The van der Waals surface area contributed by atoms with E-state index in [2.05, 4.69) is 15.9 Å². The maximum atomic E-state index is 13.4. The van der Waals surface area contributed by atoms with Gasteiger partial charge in [0, 0.05) is 11.4 Å². The zero-order valence-corrected chi connectivity index (χ0v) is 9.49. The molecule has 0 radical (unpaired) electrons. The average Bonchev–Trinajstić information content (AvgIpc) is 2.13. The fraction of sp³-hybridized carbons (Fsp3) is 0.200. The minimum atomic E-state index is -0.244. The zero-order valence-electron chi connectivity index (χ0n) is 7.15. The van der Waals surface area contributed by atoms with E-state index < -0.39 is 0 Å². The van der Waals surface area contributed by atoms with Crippen LogP contribution in [0.4, 0.5) is 4.39 Å². The van der Waals surface area contributed by atoms with Gasteiger partial charge in [-0.2, -0.15) is 0 Å². The summed E-state index contributed by atoms with van der Waals surface area (Å²) in [6.45, 7) is 1.87. The highest BCUT2D eigenvalue weighted by atomic mass is 79.9. The van der Waals surface area contributed by atoms with Gasteiger partial charge in [0.25, 0.3) is 0 Å². The summed E-state index contributed by atoms with van der Waals surface area (Å²) in [5.74, 6) is 0.179. The Morgan fingerprint density at radius 2 is 2.31 bits per heavy atom. The van der Waals surface area contributed by atoms with Crippen LogP contribution in [0.5, 0.6) is 0 Å². The second-order valence-electron chi connectivity index (χ2n) is 2.77. The van der Waals surface area contributed by atoms with E-state index in [1.165, 1.54) is 0 Å². The maximum absolute atomic E-state index is 13.4. The summed E-state index contributed by atoms with van der Waals surface area (Å²) in [4.78, 5) is 0. The third-order valence-electron chi connectivity index (χ3n) is 1.59. The van der Waals surface area contributed by atoms with Gasteiger partial charge < -0.3 is 0 Å². The molecule has 0 aliphatic rings. The first-order valence-corrected chi connectivity index (χ1v) is 5.15. The molecule has 0 atom stereocenters. The van der Waals surface area contributed by atoms with Gasteiger partial charge in [0.1, 0.15) is 5.82 Å². The molecular weight excluding hydrogens is 254 g/mol. The standard InChI is InChI=1S/C10H9BrClF/c1-7(6-12)5-8-3-2-4-9(11)10(8)13/h2-5H,6H2,1H3/b7-5-. The number of benzene rings is 1. The minimum Gasteiger partial charge on any atom is -0.205 e. The molecule has 0 heterocycles. The summed E-state index contributed by atoms with van der Waals surface area (Å²) in [6, 6.07) is 5.18. The minimum absolute atomic E-state index is 0.244. The van der Waals surface area contributed by atoms with Crippen LogP contribution in [0.25, 0.3) is 6.08 Å². The molecule has 0 fully saturated rings. The van der Waals surface area contributed by atoms with Crippen molar-refractivity contribution in [3.8, 4) is 0 Å². The van der Waals surface area contributed by atoms with Crippen molar-refractivity contribution in [3.63, 3.8) is 0 Å². The smallest absolute Gasteiger partial charge is 0.144 e. The highest BCUT2D eigenvalue weighted by molar-refractivity contribution is 9.10. The van der Waals surface area contributed by atoms with E-state index in [-0.39, 0.29) is 5.82 Å². The predicted octanol–water partition coefficient (Wildman–Crippen LogP) is 4.23. The van der Waals surface area contributed by atoms with Crippen LogP contribution >= 0.6 is 27.5 Å². The zero-order chi connectivity index (χ0) is 9.84. The lowest BCUT2D eigenvalue weighted by Crippen LogP contribution is -1.85. The van der Waals surface area contributed by atoms with Crippen LogP contribution in [0.3, 0.4) is 0 Å². The number of allylic oxidation sites excluding steroid dienone is 1. The summed E-state index contributed by atoms with van der Waals surface area (Å²) in [6.07, 6.45) is 1.74. The van der Waals surface area contributed by atoms with Gasteiger partial charge >= 0.3 is 0 Å². The van der Waals surface area contributed by atoms with Crippen LogP contribution < -0.4 is 0 Å². The molecule has 0 N–H and O–H groups in total. The predicted molar refractivity (Wildman–Crippen MR) is 58.5 cm³/mol. The van der Waals surface area contributed by atoms with Gasteiger partial charge in [-0.05, 0) is 28.9 Å². The van der Waals surface area contributed by atoms with Gasteiger partial charge in [0.05, 0.1) is 4.47 Å². The van der Waals surface area contributed by atoms with Crippen molar-refractivity contribution in [1.29, 1.82) is 0 Å². The maximum Gasteiger partial charge on any atom is 0.144 e. The van der Waals surface area contributed by atoms with Gasteiger partial charge in [-0.25, -0.2) is 4.39 Å². The number of alkyl halides is 1. The Kier molecular flexibility index (Phi) is 3.94. The van der Waals surface area contributed by atoms with Crippen LogP contribution in [0.1, 0.15) is 12.5 Å². The third kappa shape index (κ3) is 2.82. The Labute approximate surface area is 90.5 Å². The molecule has 3 heteroatoms. The Hall–Kier alpha value is -0.340. The van der Waals surface area contributed by atoms with Crippen molar-refractivity contribution in [3.05, 3.63) is 39.6 Å². The third-order valence-corrected chi connectivity index (χ3v) is 2.63. The van der Waals surface area contributed by atoms with Gasteiger partial charge in [0.15, 0.2) is 0 Å². The van der Waals surface area contributed by atoms with E-state index in [9.17, 15) is 4.39 Å². The van der Waals surface area contributed by atoms with E-state index in [1.807, 2.05) is 6.92 Å². The average molecular weight is 264 g/mol. The molecule has 1 aromatic carbocycles. The largest absolute Gasteiger partial charge is 0.205 e.